The van der Waals surface area contributed by atoms with Gasteiger partial charge in [-0.25, -0.2) is 4.98 Å². The SMILES string of the molecule is CCCC[C@@H](Sc1nc(CO)cn1Cc1ccc(OC)cc1)C(=O)[O-]. The molecule has 2 rings (SSSR count). The number of rotatable bonds is 10. The first kappa shape index (κ1) is 19.3. The van der Waals surface area contributed by atoms with Gasteiger partial charge in [0.15, 0.2) is 5.16 Å². The Kier molecular flexibility index (Phi) is 7.33. The van der Waals surface area contributed by atoms with E-state index < -0.39 is 11.2 Å². The van der Waals surface area contributed by atoms with Crippen LogP contribution in [0, 0.1) is 0 Å². The van der Waals surface area contributed by atoms with Crippen LogP contribution < -0.4 is 9.84 Å². The van der Waals surface area contributed by atoms with Gasteiger partial charge >= 0.3 is 0 Å². The van der Waals surface area contributed by atoms with Crippen molar-refractivity contribution < 1.29 is 19.7 Å². The van der Waals surface area contributed by atoms with Crippen molar-refractivity contribution in [3.63, 3.8) is 0 Å². The largest absolute Gasteiger partial charge is 0.549 e. The topological polar surface area (TPSA) is 87.4 Å². The van der Waals surface area contributed by atoms with E-state index in [4.69, 9.17) is 4.74 Å². The van der Waals surface area contributed by atoms with Crippen molar-refractivity contribution in [3.05, 3.63) is 41.7 Å². The van der Waals surface area contributed by atoms with Gasteiger partial charge in [0.05, 0.1) is 30.6 Å². The number of carboxylic acid groups (broad SMARTS) is 1. The third-order valence-corrected chi connectivity index (χ3v) is 5.04. The van der Waals surface area contributed by atoms with E-state index in [0.717, 1.165) is 24.2 Å². The number of carbonyl (C=O) groups excluding carboxylic acids is 1. The molecule has 1 atom stereocenters. The molecule has 0 spiro atoms. The number of aromatic nitrogens is 2. The maximum absolute atomic E-state index is 11.4. The summed E-state index contributed by atoms with van der Waals surface area (Å²) >= 11 is 1.18. The third-order valence-electron chi connectivity index (χ3n) is 3.79. The summed E-state index contributed by atoms with van der Waals surface area (Å²) in [6.45, 7) is 2.37. The molecule has 0 fully saturated rings. The molecule has 2 aromatic rings. The smallest absolute Gasteiger partial charge is 0.169 e. The van der Waals surface area contributed by atoms with Crippen LogP contribution >= 0.6 is 11.8 Å². The van der Waals surface area contributed by atoms with Crippen LogP contribution in [0.1, 0.15) is 37.4 Å². The summed E-state index contributed by atoms with van der Waals surface area (Å²) in [5, 5.41) is 20.7. The minimum atomic E-state index is -1.08. The monoisotopic (exact) mass is 363 g/mol. The second-order valence-corrected chi connectivity index (χ2v) is 6.89. The number of imidazole rings is 1. The summed E-state index contributed by atoms with van der Waals surface area (Å²) < 4.78 is 7.01. The summed E-state index contributed by atoms with van der Waals surface area (Å²) in [6.07, 6.45) is 4.02. The summed E-state index contributed by atoms with van der Waals surface area (Å²) in [4.78, 5) is 15.7. The zero-order valence-corrected chi connectivity index (χ0v) is 15.3. The lowest BCUT2D eigenvalue weighted by molar-refractivity contribution is -0.304. The minimum Gasteiger partial charge on any atom is -0.549 e. The number of hydrogen-bond donors (Lipinski definition) is 1. The molecule has 0 bridgehead atoms. The predicted octanol–water partition coefficient (Wildman–Crippen LogP) is 1.83. The fraction of sp³-hybridized carbons (Fsp3) is 0.444. The number of unbranched alkanes of at least 4 members (excludes halogenated alkanes) is 1. The van der Waals surface area contributed by atoms with Gasteiger partial charge in [-0.3, -0.25) is 0 Å². The molecule has 0 amide bonds. The van der Waals surface area contributed by atoms with E-state index in [2.05, 4.69) is 4.98 Å². The van der Waals surface area contributed by atoms with Crippen LogP contribution in [0.4, 0.5) is 0 Å². The van der Waals surface area contributed by atoms with Gasteiger partial charge in [0, 0.05) is 12.7 Å². The maximum atomic E-state index is 11.4. The zero-order valence-electron chi connectivity index (χ0n) is 14.5. The van der Waals surface area contributed by atoms with Gasteiger partial charge in [0.2, 0.25) is 0 Å². The number of ether oxygens (including phenoxy) is 1. The highest BCUT2D eigenvalue weighted by Gasteiger charge is 2.17. The lowest BCUT2D eigenvalue weighted by atomic mass is 10.2. The maximum Gasteiger partial charge on any atom is 0.169 e. The Labute approximate surface area is 151 Å². The first-order valence-corrected chi connectivity index (χ1v) is 9.12. The van der Waals surface area contributed by atoms with Crippen LogP contribution in [0.25, 0.3) is 0 Å². The fourth-order valence-electron chi connectivity index (χ4n) is 2.40. The number of thioether (sulfide) groups is 1. The van der Waals surface area contributed by atoms with Crippen LogP contribution in [0.2, 0.25) is 0 Å². The summed E-state index contributed by atoms with van der Waals surface area (Å²) in [5.74, 6) is -0.306. The van der Waals surface area contributed by atoms with Gasteiger partial charge < -0.3 is 24.3 Å². The molecule has 7 heteroatoms. The normalized spacial score (nSPS) is 12.1. The van der Waals surface area contributed by atoms with E-state index in [1.54, 1.807) is 13.3 Å². The van der Waals surface area contributed by atoms with Gasteiger partial charge in [0.1, 0.15) is 5.75 Å². The Hall–Kier alpha value is -1.99. The molecule has 0 aliphatic rings. The third kappa shape index (κ3) is 5.51. The molecular weight excluding hydrogens is 340 g/mol. The Balaban J connectivity index is 2.19. The van der Waals surface area contributed by atoms with Crippen LogP contribution in [-0.4, -0.2) is 33.0 Å². The van der Waals surface area contributed by atoms with Crippen molar-refractivity contribution in [1.82, 2.24) is 9.55 Å². The van der Waals surface area contributed by atoms with Crippen molar-refractivity contribution in [2.75, 3.05) is 7.11 Å². The molecule has 0 saturated heterocycles. The lowest BCUT2D eigenvalue weighted by Crippen LogP contribution is -2.33. The summed E-state index contributed by atoms with van der Waals surface area (Å²) in [7, 11) is 1.61. The van der Waals surface area contributed by atoms with Gasteiger partial charge in [-0.2, -0.15) is 0 Å². The highest BCUT2D eigenvalue weighted by Crippen LogP contribution is 2.27. The highest BCUT2D eigenvalue weighted by molar-refractivity contribution is 8.00. The van der Waals surface area contributed by atoms with E-state index in [0.29, 0.717) is 23.8 Å². The summed E-state index contributed by atoms with van der Waals surface area (Å²) in [5.41, 5.74) is 1.55. The molecule has 0 unspecified atom stereocenters. The van der Waals surface area contributed by atoms with Crippen LogP contribution in [0.5, 0.6) is 5.75 Å². The number of aliphatic hydroxyl groups is 1. The van der Waals surface area contributed by atoms with Crippen LogP contribution in [-0.2, 0) is 17.9 Å². The second kappa shape index (κ2) is 9.48. The first-order chi connectivity index (χ1) is 12.1. The number of aliphatic hydroxyl groups excluding tert-OH is 1. The fourth-order valence-corrected chi connectivity index (χ4v) is 3.46. The van der Waals surface area contributed by atoms with Crippen LogP contribution in [0.3, 0.4) is 0 Å². The molecule has 25 heavy (non-hydrogen) atoms. The highest BCUT2D eigenvalue weighted by atomic mass is 32.2. The van der Waals surface area contributed by atoms with Crippen LogP contribution in [0.15, 0.2) is 35.6 Å². The predicted molar refractivity (Wildman–Crippen MR) is 94.4 cm³/mol. The number of carbonyl (C=O) groups is 1. The number of aliphatic carboxylic acids is 1. The Morgan fingerprint density at radius 2 is 2.12 bits per heavy atom. The van der Waals surface area contributed by atoms with Crippen molar-refractivity contribution in [2.24, 2.45) is 0 Å². The molecule has 0 saturated carbocycles. The molecule has 6 nitrogen and oxygen atoms in total. The molecule has 1 aromatic heterocycles. The molecule has 1 aromatic carbocycles. The number of nitrogens with zero attached hydrogens (tertiary/aromatic N) is 2. The molecule has 1 N–H and O–H groups in total. The molecule has 0 radical (unpaired) electrons. The molecular formula is C18H23N2O4S-. The van der Waals surface area contributed by atoms with Gasteiger partial charge in [-0.1, -0.05) is 43.7 Å². The van der Waals surface area contributed by atoms with Crippen molar-refractivity contribution >= 4 is 17.7 Å². The standard InChI is InChI=1S/C18H24N2O4S/c1-3-4-5-16(17(22)23)25-18-19-14(12-21)11-20(18)10-13-6-8-15(24-2)9-7-13/h6-9,11,16,21H,3-5,10,12H2,1-2H3,(H,22,23)/p-1/t16-/m1/s1. The average Bonchev–Trinajstić information content (AvgIpc) is 3.00. The Morgan fingerprint density at radius 3 is 2.68 bits per heavy atom. The van der Waals surface area contributed by atoms with E-state index in [1.165, 1.54) is 11.8 Å². The van der Waals surface area contributed by atoms with Gasteiger partial charge in [0.25, 0.3) is 0 Å². The average molecular weight is 363 g/mol. The Morgan fingerprint density at radius 1 is 1.40 bits per heavy atom. The van der Waals surface area contributed by atoms with Crippen molar-refractivity contribution in [1.29, 1.82) is 0 Å². The number of carboxylic acids is 1. The van der Waals surface area contributed by atoms with E-state index in [-0.39, 0.29) is 6.61 Å². The number of methoxy groups -OCH3 is 1. The van der Waals surface area contributed by atoms with Gasteiger partial charge in [-0.15, -0.1) is 0 Å². The van der Waals surface area contributed by atoms with E-state index in [9.17, 15) is 15.0 Å². The molecule has 1 heterocycles. The van der Waals surface area contributed by atoms with E-state index >= 15 is 0 Å². The van der Waals surface area contributed by atoms with Crippen molar-refractivity contribution in [2.45, 2.75) is 49.7 Å². The molecule has 0 aliphatic heterocycles. The number of hydrogen-bond acceptors (Lipinski definition) is 6. The molecule has 0 aliphatic carbocycles. The zero-order chi connectivity index (χ0) is 18.2. The Bertz CT molecular complexity index is 685. The first-order valence-electron chi connectivity index (χ1n) is 8.24. The number of benzene rings is 1. The summed E-state index contributed by atoms with van der Waals surface area (Å²) in [6, 6.07) is 7.63. The quantitative estimate of drug-likeness (QED) is 0.648. The van der Waals surface area contributed by atoms with Gasteiger partial charge in [-0.05, 0) is 24.1 Å². The second-order valence-electron chi connectivity index (χ2n) is 5.72. The lowest BCUT2D eigenvalue weighted by Gasteiger charge is -2.17. The molecule has 136 valence electrons. The minimum absolute atomic E-state index is 0.186. The van der Waals surface area contributed by atoms with Crippen molar-refractivity contribution in [3.8, 4) is 5.75 Å². The van der Waals surface area contributed by atoms with E-state index in [1.807, 2.05) is 35.8 Å².